The first-order chi connectivity index (χ1) is 12.4. The van der Waals surface area contributed by atoms with Crippen molar-refractivity contribution in [2.24, 2.45) is 0 Å². The van der Waals surface area contributed by atoms with Gasteiger partial charge in [-0.15, -0.1) is 0 Å². The van der Waals surface area contributed by atoms with Gasteiger partial charge in [-0.2, -0.15) is 8.42 Å². The lowest BCUT2D eigenvalue weighted by atomic mass is 10.0. The third-order valence-corrected chi connectivity index (χ3v) is 6.73. The molecule has 0 heterocycles. The molecule has 0 saturated carbocycles. The summed E-state index contributed by atoms with van der Waals surface area (Å²) in [5.41, 5.74) is 0. The molecule has 0 aliphatic heterocycles. The van der Waals surface area contributed by atoms with Crippen molar-refractivity contribution in [2.45, 2.75) is 134 Å². The number of hydrogen-bond donors (Lipinski definition) is 2. The van der Waals surface area contributed by atoms with E-state index in [1.165, 1.54) is 77.0 Å². The summed E-state index contributed by atoms with van der Waals surface area (Å²) in [6.45, 7) is 3.93. The zero-order valence-corrected chi connectivity index (χ0v) is 18.1. The van der Waals surface area contributed by atoms with E-state index in [1.807, 2.05) is 0 Å². The fourth-order valence-corrected chi connectivity index (χ4v) is 4.55. The molecule has 0 aliphatic carbocycles. The van der Waals surface area contributed by atoms with E-state index in [0.29, 0.717) is 6.42 Å². The van der Waals surface area contributed by atoms with E-state index >= 15 is 0 Å². The average molecular weight is 393 g/mol. The van der Waals surface area contributed by atoms with Gasteiger partial charge in [0.15, 0.2) is 0 Å². The summed E-state index contributed by atoms with van der Waals surface area (Å²) in [6.07, 6.45) is 19.0. The van der Waals surface area contributed by atoms with Gasteiger partial charge in [-0.05, 0) is 12.8 Å². The lowest BCUT2D eigenvalue weighted by Crippen LogP contribution is -2.33. The highest BCUT2D eigenvalue weighted by Crippen LogP contribution is 2.17. The summed E-state index contributed by atoms with van der Waals surface area (Å²) >= 11 is 0. The molecule has 0 radical (unpaired) electrons. The zero-order chi connectivity index (χ0) is 19.7. The first-order valence-electron chi connectivity index (χ1n) is 11.1. The van der Waals surface area contributed by atoms with Crippen molar-refractivity contribution in [1.29, 1.82) is 0 Å². The van der Waals surface area contributed by atoms with E-state index < -0.39 is 21.5 Å². The topological polar surface area (TPSA) is 74.6 Å². The standard InChI is InChI=1S/C21H44O4S/c1-3-5-6-7-8-9-10-11-12-13-14-15-16-17-18-19-20(22)21(4-2)26(23,24)25/h20-22H,3-19H2,1-2H3,(H,23,24,25). The number of hydrogen-bond acceptors (Lipinski definition) is 3. The molecule has 0 aliphatic rings. The summed E-state index contributed by atoms with van der Waals surface area (Å²) in [5.74, 6) is 0. The Morgan fingerprint density at radius 2 is 1.00 bits per heavy atom. The molecule has 0 amide bonds. The van der Waals surface area contributed by atoms with Crippen LogP contribution in [0.25, 0.3) is 0 Å². The van der Waals surface area contributed by atoms with Crippen LogP contribution in [0.3, 0.4) is 0 Å². The predicted molar refractivity (Wildman–Crippen MR) is 111 cm³/mol. The van der Waals surface area contributed by atoms with Crippen molar-refractivity contribution in [3.8, 4) is 0 Å². The van der Waals surface area contributed by atoms with E-state index in [2.05, 4.69) is 6.92 Å². The highest BCUT2D eigenvalue weighted by atomic mass is 32.2. The molecule has 0 aromatic rings. The van der Waals surface area contributed by atoms with Crippen molar-refractivity contribution in [3.05, 3.63) is 0 Å². The number of aliphatic hydroxyl groups is 1. The molecule has 5 heteroatoms. The van der Waals surface area contributed by atoms with E-state index in [-0.39, 0.29) is 6.42 Å². The van der Waals surface area contributed by atoms with Crippen LogP contribution in [0, 0.1) is 0 Å². The molecule has 0 saturated heterocycles. The van der Waals surface area contributed by atoms with E-state index in [0.717, 1.165) is 19.3 Å². The Bertz CT molecular complexity index is 395. The van der Waals surface area contributed by atoms with Gasteiger partial charge < -0.3 is 5.11 Å². The van der Waals surface area contributed by atoms with Crippen LogP contribution >= 0.6 is 0 Å². The molecule has 2 atom stereocenters. The predicted octanol–water partition coefficient (Wildman–Crippen LogP) is 6.28. The summed E-state index contributed by atoms with van der Waals surface area (Å²) in [7, 11) is -4.13. The van der Waals surface area contributed by atoms with Crippen LogP contribution in [0.1, 0.15) is 123 Å². The van der Waals surface area contributed by atoms with Crippen LogP contribution in [0.4, 0.5) is 0 Å². The minimum absolute atomic E-state index is 0.249. The molecular weight excluding hydrogens is 348 g/mol. The molecule has 0 spiro atoms. The van der Waals surface area contributed by atoms with Crippen LogP contribution in [-0.2, 0) is 10.1 Å². The van der Waals surface area contributed by atoms with Gasteiger partial charge in [-0.25, -0.2) is 0 Å². The molecule has 0 bridgehead atoms. The maximum atomic E-state index is 11.2. The lowest BCUT2D eigenvalue weighted by Gasteiger charge is -2.18. The van der Waals surface area contributed by atoms with E-state index in [4.69, 9.17) is 4.55 Å². The largest absolute Gasteiger partial charge is 0.392 e. The maximum Gasteiger partial charge on any atom is 0.270 e. The Kier molecular flexibility index (Phi) is 16.9. The average Bonchev–Trinajstić information content (AvgIpc) is 2.57. The molecule has 2 unspecified atom stereocenters. The highest BCUT2D eigenvalue weighted by molar-refractivity contribution is 7.86. The van der Waals surface area contributed by atoms with Crippen molar-refractivity contribution < 1.29 is 18.1 Å². The quantitative estimate of drug-likeness (QED) is 0.200. The van der Waals surface area contributed by atoms with Gasteiger partial charge in [0.25, 0.3) is 10.1 Å². The van der Waals surface area contributed by atoms with Crippen molar-refractivity contribution in [3.63, 3.8) is 0 Å². The van der Waals surface area contributed by atoms with Crippen molar-refractivity contribution in [2.75, 3.05) is 0 Å². The Balaban J connectivity index is 3.36. The van der Waals surface area contributed by atoms with Gasteiger partial charge >= 0.3 is 0 Å². The Morgan fingerprint density at radius 1 is 0.654 bits per heavy atom. The second kappa shape index (κ2) is 17.0. The fraction of sp³-hybridized carbons (Fsp3) is 1.00. The molecule has 0 rings (SSSR count). The molecular formula is C21H44O4S. The summed E-state index contributed by atoms with van der Waals surface area (Å²) in [6, 6.07) is 0. The summed E-state index contributed by atoms with van der Waals surface area (Å²) in [4.78, 5) is 0. The Morgan fingerprint density at radius 3 is 1.31 bits per heavy atom. The first-order valence-corrected chi connectivity index (χ1v) is 12.6. The van der Waals surface area contributed by atoms with Gasteiger partial charge in [0, 0.05) is 0 Å². The Hall–Kier alpha value is -0.130. The Labute approximate surface area is 162 Å². The minimum atomic E-state index is -4.13. The smallest absolute Gasteiger partial charge is 0.270 e. The molecule has 2 N–H and O–H groups in total. The molecule has 158 valence electrons. The van der Waals surface area contributed by atoms with Gasteiger partial charge in [0.1, 0.15) is 5.25 Å². The lowest BCUT2D eigenvalue weighted by molar-refractivity contribution is 0.149. The first kappa shape index (κ1) is 25.9. The number of unbranched alkanes of at least 4 members (excludes halogenated alkanes) is 14. The molecule has 26 heavy (non-hydrogen) atoms. The van der Waals surface area contributed by atoms with Crippen molar-refractivity contribution >= 4 is 10.1 Å². The van der Waals surface area contributed by atoms with Crippen LogP contribution in [0.15, 0.2) is 0 Å². The SMILES string of the molecule is CCCCCCCCCCCCCCCCCC(O)C(CC)S(=O)(=O)O. The molecule has 0 fully saturated rings. The third-order valence-electron chi connectivity index (χ3n) is 5.32. The third kappa shape index (κ3) is 15.0. The molecule has 0 aromatic heterocycles. The van der Waals surface area contributed by atoms with Crippen LogP contribution < -0.4 is 0 Å². The number of aliphatic hydroxyl groups excluding tert-OH is 1. The second-order valence-electron chi connectivity index (χ2n) is 7.77. The van der Waals surface area contributed by atoms with Gasteiger partial charge in [0.2, 0.25) is 0 Å². The summed E-state index contributed by atoms with van der Waals surface area (Å²) in [5, 5.41) is 8.88. The maximum absolute atomic E-state index is 11.2. The minimum Gasteiger partial charge on any atom is -0.392 e. The van der Waals surface area contributed by atoms with Crippen LogP contribution in [0.5, 0.6) is 0 Å². The van der Waals surface area contributed by atoms with E-state index in [1.54, 1.807) is 6.92 Å². The van der Waals surface area contributed by atoms with Gasteiger partial charge in [-0.3, -0.25) is 4.55 Å². The monoisotopic (exact) mass is 392 g/mol. The van der Waals surface area contributed by atoms with Gasteiger partial charge in [-0.1, -0.05) is 110 Å². The van der Waals surface area contributed by atoms with Crippen LogP contribution in [-0.4, -0.2) is 29.4 Å². The zero-order valence-electron chi connectivity index (χ0n) is 17.3. The van der Waals surface area contributed by atoms with Crippen LogP contribution in [0.2, 0.25) is 0 Å². The molecule has 0 aromatic carbocycles. The van der Waals surface area contributed by atoms with E-state index in [9.17, 15) is 13.5 Å². The highest BCUT2D eigenvalue weighted by Gasteiger charge is 2.28. The molecule has 4 nitrogen and oxygen atoms in total. The normalized spacial score (nSPS) is 14.5. The van der Waals surface area contributed by atoms with Gasteiger partial charge in [0.05, 0.1) is 6.10 Å². The fourth-order valence-electron chi connectivity index (χ4n) is 3.59. The second-order valence-corrected chi connectivity index (χ2v) is 9.40. The van der Waals surface area contributed by atoms with Crippen molar-refractivity contribution in [1.82, 2.24) is 0 Å². The number of rotatable bonds is 19. The summed E-state index contributed by atoms with van der Waals surface area (Å²) < 4.78 is 31.4.